The summed E-state index contributed by atoms with van der Waals surface area (Å²) in [5, 5.41) is 0.691. The van der Waals surface area contributed by atoms with E-state index < -0.39 is 0 Å². The van der Waals surface area contributed by atoms with Crippen LogP contribution < -0.4 is 5.56 Å². The third-order valence-electron chi connectivity index (χ3n) is 3.22. The molecular weight excluding hydrogens is 316 g/mol. The number of hydrogen-bond acceptors (Lipinski definition) is 6. The van der Waals surface area contributed by atoms with Crippen molar-refractivity contribution in [1.82, 2.24) is 19.9 Å². The lowest BCUT2D eigenvalue weighted by atomic mass is 10.1. The highest BCUT2D eigenvalue weighted by Crippen LogP contribution is 2.22. The number of thiazole rings is 1. The van der Waals surface area contributed by atoms with Crippen molar-refractivity contribution in [3.05, 3.63) is 37.2 Å². The Morgan fingerprint density at radius 3 is 3.15 bits per heavy atom. The monoisotopic (exact) mass is 328 g/mol. The number of aromatic amines is 1. The first kappa shape index (κ1) is 14.1. The number of halogens is 1. The number of nitrogens with one attached hydrogen (secondary N) is 1. The molecule has 106 valence electrons. The summed E-state index contributed by atoms with van der Waals surface area (Å²) in [6, 6.07) is 0. The van der Waals surface area contributed by atoms with Gasteiger partial charge in [-0.3, -0.25) is 9.69 Å². The van der Waals surface area contributed by atoms with Crippen LogP contribution in [0.5, 0.6) is 0 Å². The Kier molecular flexibility index (Phi) is 4.11. The molecule has 0 atom stereocenters. The molecule has 8 heteroatoms. The van der Waals surface area contributed by atoms with Gasteiger partial charge in [-0.2, -0.15) is 0 Å². The van der Waals surface area contributed by atoms with Crippen LogP contribution in [0.3, 0.4) is 0 Å². The molecule has 1 aliphatic rings. The molecule has 1 N–H and O–H groups in total. The average Bonchev–Trinajstić information content (AvgIpc) is 2.84. The molecule has 5 nitrogen and oxygen atoms in total. The SMILES string of the molecule is CSc1nc2c(c(=O)[nH]1)CN(Cc1cnc(Cl)s1)CC2. The second kappa shape index (κ2) is 5.85. The van der Waals surface area contributed by atoms with Crippen LogP contribution in [0.4, 0.5) is 0 Å². The van der Waals surface area contributed by atoms with Gasteiger partial charge in [-0.15, -0.1) is 11.3 Å². The van der Waals surface area contributed by atoms with Crippen LogP contribution in [0.2, 0.25) is 4.47 Å². The second-order valence-electron chi connectivity index (χ2n) is 4.54. The van der Waals surface area contributed by atoms with Crippen LogP contribution in [-0.2, 0) is 19.5 Å². The summed E-state index contributed by atoms with van der Waals surface area (Å²) in [7, 11) is 0. The summed E-state index contributed by atoms with van der Waals surface area (Å²) < 4.78 is 0.557. The van der Waals surface area contributed by atoms with Crippen LogP contribution >= 0.6 is 34.7 Å². The molecule has 3 heterocycles. The summed E-state index contributed by atoms with van der Waals surface area (Å²) in [6.07, 6.45) is 4.51. The fourth-order valence-corrected chi connectivity index (χ4v) is 3.68. The number of fused-ring (bicyclic) bond motifs is 1. The highest BCUT2D eigenvalue weighted by Gasteiger charge is 2.21. The van der Waals surface area contributed by atoms with Gasteiger partial charge < -0.3 is 4.98 Å². The first-order valence-electron chi connectivity index (χ1n) is 6.14. The molecule has 0 amide bonds. The molecular formula is C12H13ClN4OS2. The third-order valence-corrected chi connectivity index (χ3v) is 4.90. The van der Waals surface area contributed by atoms with E-state index in [2.05, 4.69) is 19.9 Å². The number of aromatic nitrogens is 3. The van der Waals surface area contributed by atoms with Crippen LogP contribution in [0.25, 0.3) is 0 Å². The van der Waals surface area contributed by atoms with E-state index in [9.17, 15) is 4.79 Å². The molecule has 1 aliphatic heterocycles. The van der Waals surface area contributed by atoms with E-state index in [4.69, 9.17) is 11.6 Å². The van der Waals surface area contributed by atoms with Crippen molar-refractivity contribution in [2.24, 2.45) is 0 Å². The number of nitrogens with zero attached hydrogens (tertiary/aromatic N) is 3. The van der Waals surface area contributed by atoms with Gasteiger partial charge in [0, 0.05) is 37.1 Å². The zero-order chi connectivity index (χ0) is 14.1. The summed E-state index contributed by atoms with van der Waals surface area (Å²) in [6.45, 7) is 2.29. The smallest absolute Gasteiger partial charge is 0.256 e. The maximum Gasteiger partial charge on any atom is 0.256 e. The predicted molar refractivity (Wildman–Crippen MR) is 81.6 cm³/mol. The van der Waals surface area contributed by atoms with Crippen molar-refractivity contribution in [2.45, 2.75) is 24.7 Å². The van der Waals surface area contributed by atoms with E-state index in [0.717, 1.165) is 35.6 Å². The van der Waals surface area contributed by atoms with E-state index in [-0.39, 0.29) is 5.56 Å². The van der Waals surface area contributed by atoms with Crippen LogP contribution in [0, 0.1) is 0 Å². The van der Waals surface area contributed by atoms with Crippen molar-refractivity contribution >= 4 is 34.7 Å². The van der Waals surface area contributed by atoms with Crippen LogP contribution in [0.15, 0.2) is 16.1 Å². The molecule has 0 bridgehead atoms. The Labute approximate surface area is 129 Å². The maximum absolute atomic E-state index is 12.1. The van der Waals surface area contributed by atoms with Gasteiger partial charge in [-0.25, -0.2) is 9.97 Å². The summed E-state index contributed by atoms with van der Waals surface area (Å²) >= 11 is 8.78. The summed E-state index contributed by atoms with van der Waals surface area (Å²) in [5.74, 6) is 0. The molecule has 20 heavy (non-hydrogen) atoms. The van der Waals surface area contributed by atoms with E-state index in [0.29, 0.717) is 16.2 Å². The molecule has 0 aliphatic carbocycles. The van der Waals surface area contributed by atoms with Crippen LogP contribution in [0.1, 0.15) is 16.1 Å². The Hall–Kier alpha value is -0.890. The van der Waals surface area contributed by atoms with Gasteiger partial charge in [0.25, 0.3) is 5.56 Å². The lowest BCUT2D eigenvalue weighted by Gasteiger charge is -2.26. The largest absolute Gasteiger partial charge is 0.301 e. The molecule has 0 unspecified atom stereocenters. The minimum Gasteiger partial charge on any atom is -0.301 e. The topological polar surface area (TPSA) is 61.9 Å². The summed E-state index contributed by atoms with van der Waals surface area (Å²) in [5.41, 5.74) is 1.69. The first-order chi connectivity index (χ1) is 9.65. The molecule has 0 spiro atoms. The van der Waals surface area contributed by atoms with Gasteiger partial charge in [0.05, 0.1) is 11.3 Å². The van der Waals surface area contributed by atoms with Gasteiger partial charge in [-0.1, -0.05) is 23.4 Å². The average molecular weight is 329 g/mol. The summed E-state index contributed by atoms with van der Waals surface area (Å²) in [4.78, 5) is 26.8. The standard InChI is InChI=1S/C12H13ClN4OS2/c1-19-12-15-9-2-3-17(6-8(9)10(18)16-12)5-7-4-14-11(13)20-7/h4H,2-3,5-6H2,1H3,(H,15,16,18). The van der Waals surface area contributed by atoms with E-state index in [1.165, 1.54) is 23.1 Å². The highest BCUT2D eigenvalue weighted by atomic mass is 35.5. The quantitative estimate of drug-likeness (QED) is 0.691. The van der Waals surface area contributed by atoms with E-state index >= 15 is 0 Å². The Morgan fingerprint density at radius 2 is 2.45 bits per heavy atom. The highest BCUT2D eigenvalue weighted by molar-refractivity contribution is 7.98. The lowest BCUT2D eigenvalue weighted by molar-refractivity contribution is 0.243. The Morgan fingerprint density at radius 1 is 1.60 bits per heavy atom. The fourth-order valence-electron chi connectivity index (χ4n) is 2.27. The number of H-pyrrole nitrogens is 1. The van der Waals surface area contributed by atoms with Gasteiger partial charge in [0.2, 0.25) is 0 Å². The number of thioether (sulfide) groups is 1. The Bertz CT molecular complexity index is 684. The van der Waals surface area contributed by atoms with Gasteiger partial charge in [0.15, 0.2) is 9.62 Å². The molecule has 2 aromatic heterocycles. The van der Waals surface area contributed by atoms with Gasteiger partial charge in [-0.05, 0) is 6.26 Å². The molecule has 2 aromatic rings. The number of rotatable bonds is 3. The molecule has 0 radical (unpaired) electrons. The molecule has 0 aromatic carbocycles. The minimum atomic E-state index is -0.0219. The third kappa shape index (κ3) is 2.90. The molecule has 0 saturated carbocycles. The molecule has 0 fully saturated rings. The number of hydrogen-bond donors (Lipinski definition) is 1. The van der Waals surface area contributed by atoms with Gasteiger partial charge in [0.1, 0.15) is 0 Å². The zero-order valence-electron chi connectivity index (χ0n) is 10.9. The fraction of sp³-hybridized carbons (Fsp3) is 0.417. The van der Waals surface area contributed by atoms with E-state index in [1.807, 2.05) is 6.26 Å². The van der Waals surface area contributed by atoms with Crippen molar-refractivity contribution in [3.63, 3.8) is 0 Å². The van der Waals surface area contributed by atoms with Crippen LogP contribution in [-0.4, -0.2) is 32.7 Å². The second-order valence-corrected chi connectivity index (χ2v) is 7.03. The van der Waals surface area contributed by atoms with Crippen molar-refractivity contribution in [2.75, 3.05) is 12.8 Å². The van der Waals surface area contributed by atoms with Crippen molar-refractivity contribution in [1.29, 1.82) is 0 Å². The lowest BCUT2D eigenvalue weighted by Crippen LogP contribution is -2.35. The van der Waals surface area contributed by atoms with Gasteiger partial charge >= 0.3 is 0 Å². The van der Waals surface area contributed by atoms with Crippen molar-refractivity contribution in [3.8, 4) is 0 Å². The normalized spacial score (nSPS) is 15.3. The zero-order valence-corrected chi connectivity index (χ0v) is 13.2. The predicted octanol–water partition coefficient (Wildman–Crippen LogP) is 2.16. The molecule has 0 saturated heterocycles. The molecule has 3 rings (SSSR count). The maximum atomic E-state index is 12.1. The Balaban J connectivity index is 1.80. The minimum absolute atomic E-state index is 0.0219. The van der Waals surface area contributed by atoms with E-state index in [1.54, 1.807) is 6.20 Å². The van der Waals surface area contributed by atoms with Crippen molar-refractivity contribution < 1.29 is 0 Å². The first-order valence-corrected chi connectivity index (χ1v) is 8.56.